The molecular weight excluding hydrogens is 727 g/mol. The van der Waals surface area contributed by atoms with E-state index < -0.39 is 56.9 Å². The van der Waals surface area contributed by atoms with Gasteiger partial charge in [0.15, 0.2) is 0 Å². The predicted octanol–water partition coefficient (Wildman–Crippen LogP) is 3.39. The van der Waals surface area contributed by atoms with Crippen molar-refractivity contribution in [3.63, 3.8) is 0 Å². The molecule has 0 aromatic heterocycles. The molecule has 0 spiro atoms. The zero-order valence-corrected chi connectivity index (χ0v) is 32.7. The third-order valence-electron chi connectivity index (χ3n) is 8.18. The molecule has 270 valence electrons. The summed E-state index contributed by atoms with van der Waals surface area (Å²) in [5, 5.41) is 42.2. The van der Waals surface area contributed by atoms with E-state index in [0.717, 1.165) is 38.5 Å². The maximum absolute atomic E-state index is 10.9. The molecule has 0 N–H and O–H groups in total. The van der Waals surface area contributed by atoms with Crippen molar-refractivity contribution >= 4 is 52.2 Å². The van der Waals surface area contributed by atoms with Crippen LogP contribution < -0.4 is 27.6 Å². The Morgan fingerprint density at radius 1 is 0.469 bits per heavy atom. The van der Waals surface area contributed by atoms with Crippen molar-refractivity contribution in [2.45, 2.75) is 142 Å². The summed E-state index contributed by atoms with van der Waals surface area (Å²) in [6.45, 7) is 4.31. The molecule has 0 amide bonds. The molecular formula is C40H58O8Sn. The van der Waals surface area contributed by atoms with Crippen LogP contribution in [0.1, 0.15) is 142 Å². The summed E-state index contributed by atoms with van der Waals surface area (Å²) in [5.41, 5.74) is 0. The number of unbranched alkanes of at least 4 members (excludes halogenated alkanes) is 10. The first-order valence-electron chi connectivity index (χ1n) is 18.3. The first-order valence-corrected chi connectivity index (χ1v) is 21.1. The van der Waals surface area contributed by atoms with Crippen molar-refractivity contribution in [3.05, 3.63) is 60.7 Å². The number of hydrogen-bond donors (Lipinski definition) is 0. The molecule has 0 saturated carbocycles. The van der Waals surface area contributed by atoms with Crippen molar-refractivity contribution in [1.29, 1.82) is 0 Å². The number of carbonyl (C=O) groups excluding carboxylic acids is 4. The van der Waals surface area contributed by atoms with Gasteiger partial charge >= 0.3 is 89.0 Å². The number of carbonyl (C=O) groups is 4. The molecule has 0 saturated heterocycles. The average molecular weight is 786 g/mol. The van der Waals surface area contributed by atoms with E-state index in [4.69, 9.17) is 0 Å². The van der Waals surface area contributed by atoms with Crippen LogP contribution in [-0.2, 0) is 19.2 Å². The molecule has 2 rings (SSSR count). The van der Waals surface area contributed by atoms with E-state index in [2.05, 4.69) is 74.5 Å². The van der Waals surface area contributed by atoms with Gasteiger partial charge in [0.1, 0.15) is 0 Å². The molecule has 0 aliphatic rings. The SMILES string of the molecule is CCCCCCCCC(CCCC(=O)[O-])C(=O)[O-].CCCCCCCCC(CCCC(=O)[O-])C(=O)[O-].c1cc[c]([Sn+4][c]2ccccc2)cc1. The van der Waals surface area contributed by atoms with Gasteiger partial charge in [-0.2, -0.15) is 0 Å². The van der Waals surface area contributed by atoms with Gasteiger partial charge in [-0.25, -0.2) is 0 Å². The normalized spacial score (nSPS) is 11.6. The Bertz CT molecular complexity index is 1020. The fraction of sp³-hybridized carbons (Fsp3) is 0.600. The fourth-order valence-electron chi connectivity index (χ4n) is 5.30. The Hall–Kier alpha value is -2.88. The van der Waals surface area contributed by atoms with Crippen LogP contribution in [0.5, 0.6) is 0 Å². The third-order valence-corrected chi connectivity index (χ3v) is 11.7. The van der Waals surface area contributed by atoms with Crippen LogP contribution in [0.4, 0.5) is 0 Å². The number of carboxylic acid groups (broad SMARTS) is 4. The van der Waals surface area contributed by atoms with Gasteiger partial charge in [0.25, 0.3) is 0 Å². The molecule has 2 aromatic rings. The van der Waals surface area contributed by atoms with Gasteiger partial charge in [-0.15, -0.1) is 0 Å². The van der Waals surface area contributed by atoms with Crippen LogP contribution >= 0.6 is 0 Å². The molecule has 2 unspecified atom stereocenters. The van der Waals surface area contributed by atoms with Crippen LogP contribution in [-0.4, -0.2) is 45.0 Å². The van der Waals surface area contributed by atoms with Crippen molar-refractivity contribution in [1.82, 2.24) is 0 Å². The van der Waals surface area contributed by atoms with E-state index in [1.807, 2.05) is 0 Å². The Kier molecular flexibility index (Phi) is 30.4. The minimum atomic E-state index is -1.12. The molecule has 0 aliphatic heterocycles. The quantitative estimate of drug-likeness (QED) is 0.104. The zero-order valence-electron chi connectivity index (χ0n) is 29.8. The van der Waals surface area contributed by atoms with Crippen LogP contribution in [0.15, 0.2) is 60.7 Å². The van der Waals surface area contributed by atoms with E-state index in [0.29, 0.717) is 38.5 Å². The van der Waals surface area contributed by atoms with Gasteiger partial charge < -0.3 is 39.6 Å². The van der Waals surface area contributed by atoms with Gasteiger partial charge in [-0.05, 0) is 63.2 Å². The van der Waals surface area contributed by atoms with Crippen LogP contribution in [0.25, 0.3) is 0 Å². The van der Waals surface area contributed by atoms with Crippen molar-refractivity contribution in [2.24, 2.45) is 11.8 Å². The minimum absolute atomic E-state index is 0.0692. The predicted molar refractivity (Wildman–Crippen MR) is 189 cm³/mol. The molecule has 0 fully saturated rings. The van der Waals surface area contributed by atoms with Gasteiger partial charge in [-0.1, -0.05) is 90.9 Å². The number of benzene rings is 2. The maximum atomic E-state index is 10.9. The number of carboxylic acids is 4. The second-order valence-corrected chi connectivity index (χ2v) is 16.5. The standard InChI is InChI=1S/2C14H26O4.2C6H5.Sn/c2*1-2-3-4-5-6-7-9-12(14(17)18)10-8-11-13(15)16;2*1-2-4-6-5-3-1;/h2*12H,2-11H2,1H3,(H,15,16)(H,17,18);2*1-5H;/q;;;;+4/p-4. The summed E-state index contributed by atoms with van der Waals surface area (Å²) in [4.78, 5) is 42.2. The third kappa shape index (κ3) is 29.7. The Balaban J connectivity index is 0.000000713. The van der Waals surface area contributed by atoms with E-state index in [1.54, 1.807) is 0 Å². The summed E-state index contributed by atoms with van der Waals surface area (Å²) in [7, 11) is 0. The van der Waals surface area contributed by atoms with Crippen LogP contribution in [0, 0.1) is 11.8 Å². The molecule has 2 aromatic carbocycles. The van der Waals surface area contributed by atoms with E-state index in [1.165, 1.54) is 45.7 Å². The topological polar surface area (TPSA) is 161 Å². The average Bonchev–Trinajstić information content (AvgIpc) is 3.07. The first-order chi connectivity index (χ1) is 23.6. The summed E-state index contributed by atoms with van der Waals surface area (Å²) >= 11 is -0.517. The molecule has 0 heterocycles. The first kappa shape index (κ1) is 46.1. The van der Waals surface area contributed by atoms with Gasteiger partial charge in [0.2, 0.25) is 0 Å². The number of hydrogen-bond acceptors (Lipinski definition) is 8. The summed E-state index contributed by atoms with van der Waals surface area (Å²) in [6.07, 6.45) is 16.0. The van der Waals surface area contributed by atoms with E-state index in [9.17, 15) is 39.6 Å². The van der Waals surface area contributed by atoms with Crippen molar-refractivity contribution in [3.8, 4) is 0 Å². The summed E-state index contributed by atoms with van der Waals surface area (Å²) < 4.78 is 3.08. The molecule has 2 atom stereocenters. The van der Waals surface area contributed by atoms with Crippen molar-refractivity contribution in [2.75, 3.05) is 0 Å². The van der Waals surface area contributed by atoms with E-state index in [-0.39, 0.29) is 12.8 Å². The molecule has 8 nitrogen and oxygen atoms in total. The molecule has 6 radical (unpaired) electrons. The Labute approximate surface area is 305 Å². The second-order valence-electron chi connectivity index (χ2n) is 12.5. The molecule has 0 bridgehead atoms. The van der Waals surface area contributed by atoms with Gasteiger partial charge in [0.05, 0.1) is 0 Å². The van der Waals surface area contributed by atoms with Gasteiger partial charge in [0, 0.05) is 23.9 Å². The fourth-order valence-corrected chi connectivity index (χ4v) is 8.30. The number of rotatable bonds is 26. The van der Waals surface area contributed by atoms with Crippen LogP contribution in [0.2, 0.25) is 0 Å². The second kappa shape index (κ2) is 32.3. The Morgan fingerprint density at radius 3 is 1.08 bits per heavy atom. The number of aliphatic carboxylic acids is 4. The monoisotopic (exact) mass is 786 g/mol. The van der Waals surface area contributed by atoms with Gasteiger partial charge in [-0.3, -0.25) is 0 Å². The zero-order chi connectivity index (χ0) is 36.5. The summed E-state index contributed by atoms with van der Waals surface area (Å²) in [5.74, 6) is -5.35. The van der Waals surface area contributed by atoms with Crippen LogP contribution in [0.3, 0.4) is 0 Å². The Morgan fingerprint density at radius 2 is 0.776 bits per heavy atom. The van der Waals surface area contributed by atoms with E-state index >= 15 is 0 Å². The molecule has 9 heteroatoms. The molecule has 0 aliphatic carbocycles. The van der Waals surface area contributed by atoms with Crippen molar-refractivity contribution < 1.29 is 39.6 Å². The molecule has 49 heavy (non-hydrogen) atoms. The summed E-state index contributed by atoms with van der Waals surface area (Å²) in [6, 6.07) is 21.6.